The lowest BCUT2D eigenvalue weighted by Gasteiger charge is -2.32. The van der Waals surface area contributed by atoms with Crippen LogP contribution in [0.2, 0.25) is 0 Å². The van der Waals surface area contributed by atoms with Crippen molar-refractivity contribution in [3.63, 3.8) is 0 Å². The molecule has 1 saturated heterocycles. The van der Waals surface area contributed by atoms with E-state index in [-0.39, 0.29) is 0 Å². The van der Waals surface area contributed by atoms with Gasteiger partial charge in [0.15, 0.2) is 0 Å². The van der Waals surface area contributed by atoms with Crippen LogP contribution in [-0.2, 0) is 6.54 Å². The quantitative estimate of drug-likeness (QED) is 0.825. The fourth-order valence-electron chi connectivity index (χ4n) is 2.36. The van der Waals surface area contributed by atoms with Crippen molar-refractivity contribution in [1.82, 2.24) is 9.80 Å². The summed E-state index contributed by atoms with van der Waals surface area (Å²) < 4.78 is 5.34. The number of hydrogen-bond acceptors (Lipinski definition) is 4. The summed E-state index contributed by atoms with van der Waals surface area (Å²) >= 11 is 0. The number of piperazine rings is 1. The molecule has 0 radical (unpaired) electrons. The predicted molar refractivity (Wildman–Crippen MR) is 81.7 cm³/mol. The summed E-state index contributed by atoms with van der Waals surface area (Å²) in [5, 5.41) is 0. The van der Waals surface area contributed by atoms with Crippen LogP contribution in [0.3, 0.4) is 0 Å². The summed E-state index contributed by atoms with van der Waals surface area (Å²) in [5.74, 6) is 6.79. The molecule has 1 aromatic carbocycles. The normalized spacial score (nSPS) is 16.6. The van der Waals surface area contributed by atoms with Crippen LogP contribution in [0, 0.1) is 11.8 Å². The zero-order chi connectivity index (χ0) is 14.4. The highest BCUT2D eigenvalue weighted by atomic mass is 16.5. The molecule has 0 atom stereocenters. The maximum absolute atomic E-state index is 5.44. The zero-order valence-corrected chi connectivity index (χ0v) is 12.4. The van der Waals surface area contributed by atoms with Gasteiger partial charge in [-0.3, -0.25) is 4.90 Å². The first kappa shape index (κ1) is 14.9. The minimum atomic E-state index is 0.367. The minimum absolute atomic E-state index is 0.367. The third kappa shape index (κ3) is 3.97. The molecular formula is C16H23N3O. The molecule has 1 aliphatic heterocycles. The van der Waals surface area contributed by atoms with Gasteiger partial charge >= 0.3 is 0 Å². The molecule has 4 heteroatoms. The number of likely N-dealkylation sites (N-methyl/N-ethyl adjacent to an activating group) is 1. The van der Waals surface area contributed by atoms with E-state index < -0.39 is 0 Å². The molecule has 2 N–H and O–H groups in total. The first-order valence-electron chi connectivity index (χ1n) is 6.99. The van der Waals surface area contributed by atoms with E-state index in [1.54, 1.807) is 7.11 Å². The Kier molecular flexibility index (Phi) is 5.42. The molecule has 0 spiro atoms. The molecule has 0 amide bonds. The molecule has 0 aliphatic carbocycles. The Bertz CT molecular complexity index is 496. The van der Waals surface area contributed by atoms with Gasteiger partial charge in [0, 0.05) is 32.7 Å². The molecule has 0 unspecified atom stereocenters. The minimum Gasteiger partial charge on any atom is -0.495 e. The summed E-state index contributed by atoms with van der Waals surface area (Å²) in [6.07, 6.45) is 0. The monoisotopic (exact) mass is 273 g/mol. The van der Waals surface area contributed by atoms with Crippen LogP contribution < -0.4 is 10.5 Å². The Balaban J connectivity index is 2.08. The van der Waals surface area contributed by atoms with Gasteiger partial charge in [0.2, 0.25) is 0 Å². The summed E-state index contributed by atoms with van der Waals surface area (Å²) in [6.45, 7) is 5.84. The van der Waals surface area contributed by atoms with Gasteiger partial charge in [0.25, 0.3) is 0 Å². The second kappa shape index (κ2) is 7.30. The number of methoxy groups -OCH3 is 1. The molecule has 20 heavy (non-hydrogen) atoms. The highest BCUT2D eigenvalue weighted by Crippen LogP contribution is 2.20. The summed E-state index contributed by atoms with van der Waals surface area (Å²) in [5.41, 5.74) is 7.64. The maximum atomic E-state index is 5.44. The smallest absolute Gasteiger partial charge is 0.134 e. The third-order valence-corrected chi connectivity index (χ3v) is 3.59. The van der Waals surface area contributed by atoms with Crippen LogP contribution in [0.4, 0.5) is 0 Å². The van der Waals surface area contributed by atoms with Crippen LogP contribution in [0.25, 0.3) is 0 Å². The first-order valence-corrected chi connectivity index (χ1v) is 6.99. The molecule has 1 aliphatic rings. The number of nitrogens with two attached hydrogens (primary N) is 1. The Morgan fingerprint density at radius 2 is 2.00 bits per heavy atom. The Morgan fingerprint density at radius 1 is 1.25 bits per heavy atom. The van der Waals surface area contributed by atoms with Gasteiger partial charge in [-0.05, 0) is 24.7 Å². The average molecular weight is 273 g/mol. The largest absolute Gasteiger partial charge is 0.495 e. The summed E-state index contributed by atoms with van der Waals surface area (Å²) in [4.78, 5) is 4.84. The van der Waals surface area contributed by atoms with Crippen molar-refractivity contribution >= 4 is 0 Å². The fourth-order valence-corrected chi connectivity index (χ4v) is 2.36. The lowest BCUT2D eigenvalue weighted by molar-refractivity contribution is 0.148. The summed E-state index contributed by atoms with van der Waals surface area (Å²) in [6, 6.07) is 6.22. The van der Waals surface area contributed by atoms with Crippen molar-refractivity contribution in [3.05, 3.63) is 29.3 Å². The van der Waals surface area contributed by atoms with E-state index in [1.807, 2.05) is 6.07 Å². The van der Waals surface area contributed by atoms with Gasteiger partial charge < -0.3 is 15.4 Å². The van der Waals surface area contributed by atoms with Crippen molar-refractivity contribution in [2.75, 3.05) is 46.9 Å². The van der Waals surface area contributed by atoms with Crippen LogP contribution in [-0.4, -0.2) is 56.7 Å². The zero-order valence-electron chi connectivity index (χ0n) is 12.4. The van der Waals surface area contributed by atoms with Gasteiger partial charge in [-0.25, -0.2) is 0 Å². The van der Waals surface area contributed by atoms with Gasteiger partial charge in [0.05, 0.1) is 19.2 Å². The molecule has 1 heterocycles. The fraction of sp³-hybridized carbons (Fsp3) is 0.500. The highest BCUT2D eigenvalue weighted by Gasteiger charge is 2.14. The molecule has 0 bridgehead atoms. The van der Waals surface area contributed by atoms with Crippen molar-refractivity contribution in [2.45, 2.75) is 6.54 Å². The second-order valence-corrected chi connectivity index (χ2v) is 5.12. The van der Waals surface area contributed by atoms with Crippen LogP contribution >= 0.6 is 0 Å². The van der Waals surface area contributed by atoms with Crippen molar-refractivity contribution in [2.24, 2.45) is 5.73 Å². The molecule has 108 valence electrons. The van der Waals surface area contributed by atoms with Crippen LogP contribution in [0.15, 0.2) is 18.2 Å². The Labute approximate surface area is 121 Å². The van der Waals surface area contributed by atoms with E-state index in [4.69, 9.17) is 10.5 Å². The Hall–Kier alpha value is -1.54. The van der Waals surface area contributed by atoms with Gasteiger partial charge in [-0.1, -0.05) is 17.9 Å². The molecule has 4 nitrogen and oxygen atoms in total. The molecular weight excluding hydrogens is 250 g/mol. The number of ether oxygens (including phenoxy) is 1. The van der Waals surface area contributed by atoms with Crippen molar-refractivity contribution < 1.29 is 4.74 Å². The molecule has 0 aromatic heterocycles. The number of nitrogens with zero attached hydrogens (tertiary/aromatic N) is 2. The topological polar surface area (TPSA) is 41.7 Å². The third-order valence-electron chi connectivity index (χ3n) is 3.59. The van der Waals surface area contributed by atoms with E-state index in [0.717, 1.165) is 44.0 Å². The SMILES string of the molecule is COc1ccc(CN2CCN(C)CC2)cc1C#CCN. The molecule has 1 aromatic rings. The molecule has 2 rings (SSSR count). The van der Waals surface area contributed by atoms with E-state index in [1.165, 1.54) is 5.56 Å². The summed E-state index contributed by atoms with van der Waals surface area (Å²) in [7, 11) is 3.84. The molecule has 0 saturated carbocycles. The lowest BCUT2D eigenvalue weighted by atomic mass is 10.1. The van der Waals surface area contributed by atoms with E-state index in [9.17, 15) is 0 Å². The van der Waals surface area contributed by atoms with Crippen LogP contribution in [0.5, 0.6) is 5.75 Å². The standard InChI is InChI=1S/C16H23N3O/c1-18-8-10-19(11-9-18)13-14-5-6-16(20-2)15(12-14)4-3-7-17/h5-6,12H,7-11,13,17H2,1-2H3. The second-order valence-electron chi connectivity index (χ2n) is 5.12. The predicted octanol–water partition coefficient (Wildman–Crippen LogP) is 0.753. The maximum Gasteiger partial charge on any atom is 0.134 e. The van der Waals surface area contributed by atoms with E-state index in [2.05, 4.69) is 40.8 Å². The average Bonchev–Trinajstić information content (AvgIpc) is 2.47. The van der Waals surface area contributed by atoms with Gasteiger partial charge in [0.1, 0.15) is 5.75 Å². The molecule has 1 fully saturated rings. The van der Waals surface area contributed by atoms with Gasteiger partial charge in [-0.15, -0.1) is 0 Å². The first-order chi connectivity index (χ1) is 9.72. The van der Waals surface area contributed by atoms with Gasteiger partial charge in [-0.2, -0.15) is 0 Å². The van der Waals surface area contributed by atoms with Crippen LogP contribution in [0.1, 0.15) is 11.1 Å². The highest BCUT2D eigenvalue weighted by molar-refractivity contribution is 5.48. The van der Waals surface area contributed by atoms with E-state index in [0.29, 0.717) is 6.54 Å². The van der Waals surface area contributed by atoms with Crippen molar-refractivity contribution in [1.29, 1.82) is 0 Å². The lowest BCUT2D eigenvalue weighted by Crippen LogP contribution is -2.43. The number of hydrogen-bond donors (Lipinski definition) is 1. The van der Waals surface area contributed by atoms with Crippen molar-refractivity contribution in [3.8, 4) is 17.6 Å². The van der Waals surface area contributed by atoms with E-state index >= 15 is 0 Å². The Morgan fingerprint density at radius 3 is 2.65 bits per heavy atom. The number of rotatable bonds is 3. The number of benzene rings is 1.